The summed E-state index contributed by atoms with van der Waals surface area (Å²) in [7, 11) is 0. The molecule has 0 unspecified atom stereocenters. The summed E-state index contributed by atoms with van der Waals surface area (Å²) in [5.41, 5.74) is 14.4. The van der Waals surface area contributed by atoms with E-state index in [1.165, 1.54) is 64.7 Å². The molecule has 2 heterocycles. The molecule has 0 N–H and O–H groups in total. The van der Waals surface area contributed by atoms with Crippen LogP contribution in [0.15, 0.2) is 206 Å². The summed E-state index contributed by atoms with van der Waals surface area (Å²) >= 11 is 1.85. The van der Waals surface area contributed by atoms with Gasteiger partial charge in [0.1, 0.15) is 0 Å². The molecule has 10 aromatic rings. The highest BCUT2D eigenvalue weighted by molar-refractivity contribution is 7.25. The molecule has 0 aliphatic heterocycles. The van der Waals surface area contributed by atoms with Crippen LogP contribution in [-0.4, -0.2) is 9.97 Å². The Labute approximate surface area is 330 Å². The first kappa shape index (κ1) is 32.5. The number of rotatable bonds is 6. The van der Waals surface area contributed by atoms with Gasteiger partial charge in [-0.15, -0.1) is 11.3 Å². The maximum atomic E-state index is 5.25. The number of fused-ring (bicyclic) bond motifs is 6. The molecule has 0 spiro atoms. The maximum absolute atomic E-state index is 5.25. The zero-order valence-electron chi connectivity index (χ0n) is 30.4. The quantitative estimate of drug-likeness (QED) is 0.170. The first-order valence-corrected chi connectivity index (χ1v) is 19.9. The Morgan fingerprint density at radius 2 is 0.893 bits per heavy atom. The molecule has 0 saturated heterocycles. The van der Waals surface area contributed by atoms with E-state index < -0.39 is 5.41 Å². The highest BCUT2D eigenvalue weighted by Crippen LogP contribution is 2.56. The number of thiophene rings is 1. The van der Waals surface area contributed by atoms with Crippen molar-refractivity contribution in [2.75, 3.05) is 0 Å². The summed E-state index contributed by atoms with van der Waals surface area (Å²) in [6.07, 6.45) is 0. The summed E-state index contributed by atoms with van der Waals surface area (Å²) in [5.74, 6) is 0.706. The molecule has 0 saturated carbocycles. The van der Waals surface area contributed by atoms with Gasteiger partial charge in [-0.3, -0.25) is 0 Å². The van der Waals surface area contributed by atoms with Gasteiger partial charge < -0.3 is 0 Å². The third-order valence-corrected chi connectivity index (χ3v) is 12.5. The predicted octanol–water partition coefficient (Wildman–Crippen LogP) is 13.9. The smallest absolute Gasteiger partial charge is 0.160 e. The van der Waals surface area contributed by atoms with Crippen molar-refractivity contribution in [3.63, 3.8) is 0 Å². The average Bonchev–Trinajstić information content (AvgIpc) is 3.80. The third-order valence-electron chi connectivity index (χ3n) is 11.4. The van der Waals surface area contributed by atoms with E-state index in [1.807, 2.05) is 29.5 Å². The lowest BCUT2D eigenvalue weighted by Crippen LogP contribution is -2.28. The van der Waals surface area contributed by atoms with Gasteiger partial charge in [-0.05, 0) is 68.8 Å². The summed E-state index contributed by atoms with van der Waals surface area (Å²) < 4.78 is 2.63. The zero-order chi connectivity index (χ0) is 37.1. The second kappa shape index (κ2) is 13.1. The first-order chi connectivity index (χ1) is 27.7. The van der Waals surface area contributed by atoms with E-state index >= 15 is 0 Å². The highest BCUT2D eigenvalue weighted by atomic mass is 32.1. The standard InChI is InChI=1S/C53H34N2S/c1-3-14-37(15-4-1)52-54-48(36-28-26-35(27-29-36)38-30-31-45-44-22-9-12-25-50(44)56-51(45)33-38)34-49(55-52)39-16-13-19-41(32-39)53(40-17-5-2-6-18-40)46-23-10-7-20-42(46)43-21-8-11-24-47(43)53/h1-34H. The fraction of sp³-hybridized carbons (Fsp3) is 0.0189. The van der Waals surface area contributed by atoms with Crippen molar-refractivity contribution in [3.05, 3.63) is 229 Å². The molecule has 11 rings (SSSR count). The molecule has 0 bridgehead atoms. The first-order valence-electron chi connectivity index (χ1n) is 19.1. The zero-order valence-corrected chi connectivity index (χ0v) is 31.2. The molecular weight excluding hydrogens is 697 g/mol. The third kappa shape index (κ3) is 5.16. The van der Waals surface area contributed by atoms with Gasteiger partial charge in [-0.2, -0.15) is 0 Å². The van der Waals surface area contributed by atoms with Gasteiger partial charge in [0.05, 0.1) is 16.8 Å². The molecule has 3 heteroatoms. The Hall–Kier alpha value is -6.94. The number of benzene rings is 8. The topological polar surface area (TPSA) is 25.8 Å². The molecule has 56 heavy (non-hydrogen) atoms. The molecule has 1 aliphatic rings. The second-order valence-corrected chi connectivity index (χ2v) is 15.6. The molecule has 2 nitrogen and oxygen atoms in total. The van der Waals surface area contributed by atoms with Crippen LogP contribution in [0.25, 0.3) is 76.3 Å². The molecule has 2 aromatic heterocycles. The van der Waals surface area contributed by atoms with E-state index in [4.69, 9.17) is 9.97 Å². The van der Waals surface area contributed by atoms with Crippen LogP contribution in [0, 0.1) is 0 Å². The normalized spacial score (nSPS) is 12.8. The van der Waals surface area contributed by atoms with Crippen LogP contribution in [0.3, 0.4) is 0 Å². The van der Waals surface area contributed by atoms with Gasteiger partial charge in [0, 0.05) is 36.9 Å². The monoisotopic (exact) mass is 730 g/mol. The minimum absolute atomic E-state index is 0.489. The van der Waals surface area contributed by atoms with Gasteiger partial charge in [0.25, 0.3) is 0 Å². The highest BCUT2D eigenvalue weighted by Gasteiger charge is 2.45. The van der Waals surface area contributed by atoms with E-state index in [2.05, 4.69) is 188 Å². The summed E-state index contributed by atoms with van der Waals surface area (Å²) in [6.45, 7) is 0. The van der Waals surface area contributed by atoms with E-state index in [9.17, 15) is 0 Å². The Kier molecular flexibility index (Phi) is 7.61. The Bertz CT molecular complexity index is 3030. The number of aromatic nitrogens is 2. The van der Waals surface area contributed by atoms with Crippen LogP contribution in [0.4, 0.5) is 0 Å². The number of hydrogen-bond acceptors (Lipinski definition) is 3. The van der Waals surface area contributed by atoms with Gasteiger partial charge in [0.2, 0.25) is 0 Å². The minimum atomic E-state index is -0.489. The minimum Gasteiger partial charge on any atom is -0.228 e. The van der Waals surface area contributed by atoms with E-state index in [-0.39, 0.29) is 0 Å². The van der Waals surface area contributed by atoms with E-state index in [1.54, 1.807) is 0 Å². The van der Waals surface area contributed by atoms with Crippen molar-refractivity contribution in [1.29, 1.82) is 0 Å². The second-order valence-electron chi connectivity index (χ2n) is 14.5. The lowest BCUT2D eigenvalue weighted by atomic mass is 9.67. The van der Waals surface area contributed by atoms with Crippen LogP contribution in [0.2, 0.25) is 0 Å². The average molecular weight is 731 g/mol. The lowest BCUT2D eigenvalue weighted by molar-refractivity contribution is 0.768. The Balaban J connectivity index is 1.04. The van der Waals surface area contributed by atoms with Crippen molar-refractivity contribution in [2.45, 2.75) is 5.41 Å². The number of hydrogen-bond donors (Lipinski definition) is 0. The van der Waals surface area contributed by atoms with Gasteiger partial charge in [-0.1, -0.05) is 182 Å². The Morgan fingerprint density at radius 3 is 1.64 bits per heavy atom. The lowest BCUT2D eigenvalue weighted by Gasteiger charge is -2.34. The van der Waals surface area contributed by atoms with Crippen LogP contribution < -0.4 is 0 Å². The molecule has 0 fully saturated rings. The SMILES string of the molecule is c1ccc(-c2nc(-c3ccc(-c4ccc5c(c4)sc4ccccc45)cc3)cc(-c3cccc(C4(c5ccccc5)c5ccccc5-c5ccccc54)c3)n2)cc1. The van der Waals surface area contributed by atoms with Crippen LogP contribution >= 0.6 is 11.3 Å². The number of nitrogens with zero attached hydrogens (tertiary/aromatic N) is 2. The molecule has 0 radical (unpaired) electrons. The summed E-state index contributed by atoms with van der Waals surface area (Å²) in [5, 5.41) is 2.63. The summed E-state index contributed by atoms with van der Waals surface area (Å²) in [6, 6.07) is 74.5. The van der Waals surface area contributed by atoms with Crippen LogP contribution in [0.1, 0.15) is 22.3 Å². The van der Waals surface area contributed by atoms with Crippen molar-refractivity contribution < 1.29 is 0 Å². The Morgan fingerprint density at radius 1 is 0.339 bits per heavy atom. The molecule has 0 amide bonds. The molecular formula is C53H34N2S. The molecule has 262 valence electrons. The van der Waals surface area contributed by atoms with Gasteiger partial charge in [0.15, 0.2) is 5.82 Å². The van der Waals surface area contributed by atoms with Crippen molar-refractivity contribution in [1.82, 2.24) is 9.97 Å². The fourth-order valence-corrected chi connectivity index (χ4v) is 9.97. The van der Waals surface area contributed by atoms with Gasteiger partial charge in [-0.25, -0.2) is 9.97 Å². The largest absolute Gasteiger partial charge is 0.228 e. The fourth-order valence-electron chi connectivity index (χ4n) is 8.82. The van der Waals surface area contributed by atoms with Crippen LogP contribution in [0.5, 0.6) is 0 Å². The van der Waals surface area contributed by atoms with E-state index in [0.717, 1.165) is 28.1 Å². The molecule has 1 aliphatic carbocycles. The summed E-state index contributed by atoms with van der Waals surface area (Å²) in [4.78, 5) is 10.4. The predicted molar refractivity (Wildman–Crippen MR) is 234 cm³/mol. The van der Waals surface area contributed by atoms with Crippen molar-refractivity contribution in [3.8, 4) is 56.2 Å². The molecule has 8 aromatic carbocycles. The maximum Gasteiger partial charge on any atom is 0.160 e. The van der Waals surface area contributed by atoms with Crippen molar-refractivity contribution in [2.24, 2.45) is 0 Å². The van der Waals surface area contributed by atoms with Gasteiger partial charge >= 0.3 is 0 Å². The van der Waals surface area contributed by atoms with E-state index in [0.29, 0.717) is 5.82 Å². The van der Waals surface area contributed by atoms with Crippen LogP contribution in [-0.2, 0) is 5.41 Å². The molecule has 0 atom stereocenters. The van der Waals surface area contributed by atoms with Crippen molar-refractivity contribution >= 4 is 31.5 Å².